The Hall–Kier alpha value is -0.710. The molecular formula is C15H23ClF2N2. The maximum Gasteiger partial charge on any atom is 0.129 e. The molecular weight excluding hydrogens is 282 g/mol. The lowest BCUT2D eigenvalue weighted by Gasteiger charge is -2.36. The average molecular weight is 305 g/mol. The fraction of sp³-hybridized carbons (Fsp3) is 0.600. The Morgan fingerprint density at radius 1 is 1.20 bits per heavy atom. The lowest BCUT2D eigenvalue weighted by molar-refractivity contribution is 0.177. The third-order valence-electron chi connectivity index (χ3n) is 3.63. The van der Waals surface area contributed by atoms with Gasteiger partial charge in [-0.15, -0.1) is 12.4 Å². The van der Waals surface area contributed by atoms with Gasteiger partial charge in [-0.1, -0.05) is 6.07 Å². The van der Waals surface area contributed by atoms with Crippen LogP contribution in [-0.4, -0.2) is 30.1 Å². The first-order valence-electron chi connectivity index (χ1n) is 6.82. The van der Waals surface area contributed by atoms with Crippen LogP contribution in [0.1, 0.15) is 38.2 Å². The number of hydrogen-bond donors (Lipinski definition) is 1. The topological polar surface area (TPSA) is 29.3 Å². The molecule has 0 spiro atoms. The Morgan fingerprint density at radius 2 is 1.70 bits per heavy atom. The van der Waals surface area contributed by atoms with Crippen molar-refractivity contribution in [2.24, 2.45) is 5.73 Å². The highest BCUT2D eigenvalue weighted by molar-refractivity contribution is 5.85. The highest BCUT2D eigenvalue weighted by Crippen LogP contribution is 2.31. The number of likely N-dealkylation sites (tertiary alicyclic amines) is 1. The summed E-state index contributed by atoms with van der Waals surface area (Å²) in [5.41, 5.74) is 6.03. The third kappa shape index (κ3) is 4.40. The summed E-state index contributed by atoms with van der Waals surface area (Å²) in [6.45, 7) is 6.50. The molecule has 1 aromatic rings. The molecule has 0 amide bonds. The quantitative estimate of drug-likeness (QED) is 0.928. The fourth-order valence-electron chi connectivity index (χ4n) is 2.86. The van der Waals surface area contributed by atoms with Gasteiger partial charge in [0.05, 0.1) is 0 Å². The van der Waals surface area contributed by atoms with Crippen LogP contribution in [0.15, 0.2) is 18.2 Å². The highest BCUT2D eigenvalue weighted by atomic mass is 35.5. The summed E-state index contributed by atoms with van der Waals surface area (Å²) in [5.74, 6) is -0.853. The van der Waals surface area contributed by atoms with Crippen molar-refractivity contribution in [2.75, 3.05) is 19.6 Å². The summed E-state index contributed by atoms with van der Waals surface area (Å²) in [6.07, 6.45) is 1.57. The predicted octanol–water partition coefficient (Wildman–Crippen LogP) is 3.30. The van der Waals surface area contributed by atoms with Gasteiger partial charge < -0.3 is 10.6 Å². The number of benzene rings is 1. The molecule has 0 aromatic heterocycles. The standard InChI is InChI=1S/C15H22F2N2.ClH/c1-15(2,18)10-19-8-6-11(7-9-19)14-12(16)4-3-5-13(14)17;/h3-5,11H,6-10,18H2,1-2H3;1H. The van der Waals surface area contributed by atoms with E-state index in [2.05, 4.69) is 4.90 Å². The second-order valence-electron chi connectivity index (χ2n) is 6.17. The molecule has 1 fully saturated rings. The molecule has 1 saturated heterocycles. The number of nitrogens with two attached hydrogens (primary N) is 1. The SMILES string of the molecule is CC(C)(N)CN1CCC(c2c(F)cccc2F)CC1.Cl. The number of nitrogens with zero attached hydrogens (tertiary/aromatic N) is 1. The third-order valence-corrected chi connectivity index (χ3v) is 3.63. The van der Waals surface area contributed by atoms with E-state index in [0.717, 1.165) is 32.5 Å². The van der Waals surface area contributed by atoms with Gasteiger partial charge in [0.1, 0.15) is 11.6 Å². The van der Waals surface area contributed by atoms with E-state index in [1.165, 1.54) is 18.2 Å². The van der Waals surface area contributed by atoms with E-state index in [1.54, 1.807) is 0 Å². The van der Waals surface area contributed by atoms with Gasteiger partial charge in [-0.25, -0.2) is 8.78 Å². The van der Waals surface area contributed by atoms with Crippen molar-refractivity contribution < 1.29 is 8.78 Å². The summed E-state index contributed by atoms with van der Waals surface area (Å²) in [4.78, 5) is 2.27. The highest BCUT2D eigenvalue weighted by Gasteiger charge is 2.27. The van der Waals surface area contributed by atoms with Crippen molar-refractivity contribution >= 4 is 12.4 Å². The lowest BCUT2D eigenvalue weighted by Crippen LogP contribution is -2.47. The normalized spacial score (nSPS) is 17.9. The summed E-state index contributed by atoms with van der Waals surface area (Å²) in [7, 11) is 0. The molecule has 114 valence electrons. The average Bonchev–Trinajstić information content (AvgIpc) is 2.29. The van der Waals surface area contributed by atoms with Gasteiger partial charge in [-0.3, -0.25) is 0 Å². The summed E-state index contributed by atoms with van der Waals surface area (Å²) < 4.78 is 27.5. The first-order chi connectivity index (χ1) is 8.87. The van der Waals surface area contributed by atoms with Gasteiger partial charge in [-0.05, 0) is 57.8 Å². The van der Waals surface area contributed by atoms with Gasteiger partial charge in [0.2, 0.25) is 0 Å². The largest absolute Gasteiger partial charge is 0.324 e. The van der Waals surface area contributed by atoms with E-state index in [9.17, 15) is 8.78 Å². The van der Waals surface area contributed by atoms with Gasteiger partial charge in [0.15, 0.2) is 0 Å². The van der Waals surface area contributed by atoms with E-state index in [4.69, 9.17) is 5.73 Å². The van der Waals surface area contributed by atoms with Crippen molar-refractivity contribution in [2.45, 2.75) is 38.1 Å². The van der Waals surface area contributed by atoms with Gasteiger partial charge >= 0.3 is 0 Å². The predicted molar refractivity (Wildman–Crippen MR) is 80.3 cm³/mol. The van der Waals surface area contributed by atoms with Crippen LogP contribution >= 0.6 is 12.4 Å². The molecule has 0 atom stereocenters. The Balaban J connectivity index is 0.00000200. The zero-order valence-electron chi connectivity index (χ0n) is 12.0. The van der Waals surface area contributed by atoms with Crippen LogP contribution in [-0.2, 0) is 0 Å². The molecule has 0 saturated carbocycles. The Bertz CT molecular complexity index is 418. The molecule has 1 aliphatic heterocycles. The lowest BCUT2D eigenvalue weighted by atomic mass is 9.88. The summed E-state index contributed by atoms with van der Waals surface area (Å²) in [6, 6.07) is 4.10. The molecule has 5 heteroatoms. The zero-order chi connectivity index (χ0) is 14.0. The maximum absolute atomic E-state index is 13.7. The molecule has 0 bridgehead atoms. The molecule has 0 radical (unpaired) electrons. The van der Waals surface area contributed by atoms with E-state index in [1.807, 2.05) is 13.8 Å². The monoisotopic (exact) mass is 304 g/mol. The van der Waals surface area contributed by atoms with Crippen LogP contribution in [0.2, 0.25) is 0 Å². The second kappa shape index (κ2) is 6.83. The first kappa shape index (κ1) is 17.3. The molecule has 1 aliphatic rings. The van der Waals surface area contributed by atoms with Crippen molar-refractivity contribution in [3.63, 3.8) is 0 Å². The van der Waals surface area contributed by atoms with Crippen molar-refractivity contribution in [3.8, 4) is 0 Å². The number of hydrogen-bond acceptors (Lipinski definition) is 2. The molecule has 1 aromatic carbocycles. The van der Waals surface area contributed by atoms with Crippen molar-refractivity contribution in [1.82, 2.24) is 4.90 Å². The minimum absolute atomic E-state index is 0. The Morgan fingerprint density at radius 3 is 2.15 bits per heavy atom. The van der Waals surface area contributed by atoms with Crippen LogP contribution in [0.3, 0.4) is 0 Å². The molecule has 1 heterocycles. The van der Waals surface area contributed by atoms with Crippen LogP contribution in [0.5, 0.6) is 0 Å². The van der Waals surface area contributed by atoms with Crippen molar-refractivity contribution in [1.29, 1.82) is 0 Å². The van der Waals surface area contributed by atoms with Gasteiger partial charge in [0.25, 0.3) is 0 Å². The Labute approximate surface area is 125 Å². The molecule has 0 aliphatic carbocycles. The molecule has 2 N–H and O–H groups in total. The molecule has 2 rings (SSSR count). The zero-order valence-corrected chi connectivity index (χ0v) is 12.9. The summed E-state index contributed by atoms with van der Waals surface area (Å²) >= 11 is 0. The number of piperidine rings is 1. The second-order valence-corrected chi connectivity index (χ2v) is 6.17. The van der Waals surface area contributed by atoms with Crippen LogP contribution in [0, 0.1) is 11.6 Å². The Kier molecular flexibility index (Phi) is 5.92. The summed E-state index contributed by atoms with van der Waals surface area (Å²) in [5, 5.41) is 0. The molecule has 20 heavy (non-hydrogen) atoms. The smallest absolute Gasteiger partial charge is 0.129 e. The van der Waals surface area contributed by atoms with E-state index in [-0.39, 0.29) is 29.4 Å². The van der Waals surface area contributed by atoms with Gasteiger partial charge in [-0.2, -0.15) is 0 Å². The van der Waals surface area contributed by atoms with Gasteiger partial charge in [0, 0.05) is 17.6 Å². The minimum atomic E-state index is -0.419. The number of halogens is 3. The van der Waals surface area contributed by atoms with Crippen LogP contribution < -0.4 is 5.73 Å². The first-order valence-corrected chi connectivity index (χ1v) is 6.82. The molecule has 2 nitrogen and oxygen atoms in total. The van der Waals surface area contributed by atoms with Crippen LogP contribution in [0.25, 0.3) is 0 Å². The van der Waals surface area contributed by atoms with Crippen molar-refractivity contribution in [3.05, 3.63) is 35.4 Å². The van der Waals surface area contributed by atoms with E-state index < -0.39 is 11.6 Å². The molecule has 0 unspecified atom stereocenters. The fourth-order valence-corrected chi connectivity index (χ4v) is 2.86. The number of rotatable bonds is 3. The minimum Gasteiger partial charge on any atom is -0.324 e. The van der Waals surface area contributed by atoms with Crippen LogP contribution in [0.4, 0.5) is 8.78 Å². The van der Waals surface area contributed by atoms with E-state index >= 15 is 0 Å². The maximum atomic E-state index is 13.7. The van der Waals surface area contributed by atoms with E-state index in [0.29, 0.717) is 0 Å².